The van der Waals surface area contributed by atoms with Gasteiger partial charge in [-0.25, -0.2) is 0 Å². The topological polar surface area (TPSA) is 17.1 Å². The number of carbonyl (C=O) groups is 1. The van der Waals surface area contributed by atoms with Crippen molar-refractivity contribution in [3.05, 3.63) is 70.3 Å². The first-order chi connectivity index (χ1) is 8.58. The molecule has 2 rings (SSSR count). The van der Waals surface area contributed by atoms with Crippen molar-refractivity contribution in [3.8, 4) is 0 Å². The lowest BCUT2D eigenvalue weighted by atomic mass is 9.95. The van der Waals surface area contributed by atoms with Gasteiger partial charge < -0.3 is 0 Å². The number of ketones is 1. The van der Waals surface area contributed by atoms with E-state index in [9.17, 15) is 4.79 Å². The maximum Gasteiger partial charge on any atom is 0.167 e. The van der Waals surface area contributed by atoms with E-state index in [1.165, 1.54) is 16.7 Å². The molecule has 0 saturated heterocycles. The van der Waals surface area contributed by atoms with Gasteiger partial charge in [0.25, 0.3) is 0 Å². The third-order valence-corrected chi connectivity index (χ3v) is 3.36. The van der Waals surface area contributed by atoms with E-state index in [4.69, 9.17) is 0 Å². The van der Waals surface area contributed by atoms with Crippen LogP contribution in [0.2, 0.25) is 0 Å². The van der Waals surface area contributed by atoms with E-state index in [0.29, 0.717) is 6.42 Å². The molecule has 0 atom stereocenters. The van der Waals surface area contributed by atoms with Gasteiger partial charge in [-0.3, -0.25) is 4.79 Å². The Morgan fingerprint density at radius 3 is 2.00 bits per heavy atom. The van der Waals surface area contributed by atoms with Crippen molar-refractivity contribution in [3.63, 3.8) is 0 Å². The minimum absolute atomic E-state index is 0.187. The van der Waals surface area contributed by atoms with Crippen LogP contribution >= 0.6 is 0 Å². The lowest BCUT2D eigenvalue weighted by molar-refractivity contribution is 0.0992. The molecule has 0 spiro atoms. The van der Waals surface area contributed by atoms with E-state index >= 15 is 0 Å². The van der Waals surface area contributed by atoms with E-state index in [1.54, 1.807) is 0 Å². The molecule has 1 heteroatoms. The zero-order chi connectivity index (χ0) is 13.1. The van der Waals surface area contributed by atoms with Crippen LogP contribution in [0.5, 0.6) is 0 Å². The van der Waals surface area contributed by atoms with Crippen LogP contribution in [-0.2, 0) is 6.42 Å². The summed E-state index contributed by atoms with van der Waals surface area (Å²) in [5.74, 6) is 0.187. The van der Waals surface area contributed by atoms with Crippen LogP contribution in [0, 0.1) is 20.8 Å². The highest BCUT2D eigenvalue weighted by atomic mass is 16.1. The SMILES string of the molecule is Cc1ccc(C(=O)Cc2c(C)cccc2C)cc1. The number of hydrogen-bond donors (Lipinski definition) is 0. The highest BCUT2D eigenvalue weighted by Crippen LogP contribution is 2.16. The molecule has 0 aliphatic rings. The second kappa shape index (κ2) is 5.18. The summed E-state index contributed by atoms with van der Waals surface area (Å²) in [6, 6.07) is 13.9. The smallest absolute Gasteiger partial charge is 0.167 e. The molecule has 2 aromatic carbocycles. The molecule has 0 unspecified atom stereocenters. The van der Waals surface area contributed by atoms with E-state index in [1.807, 2.05) is 37.3 Å². The third kappa shape index (κ3) is 2.67. The van der Waals surface area contributed by atoms with Crippen molar-refractivity contribution in [2.75, 3.05) is 0 Å². The molecule has 2 aromatic rings. The van der Waals surface area contributed by atoms with E-state index in [-0.39, 0.29) is 5.78 Å². The quantitative estimate of drug-likeness (QED) is 0.738. The van der Waals surface area contributed by atoms with Crippen molar-refractivity contribution in [1.82, 2.24) is 0 Å². The third-order valence-electron chi connectivity index (χ3n) is 3.36. The number of Topliss-reactive ketones (excluding diaryl/α,β-unsaturated/α-hetero) is 1. The Hall–Kier alpha value is -1.89. The first-order valence-electron chi connectivity index (χ1n) is 6.23. The molecule has 0 aromatic heterocycles. The van der Waals surface area contributed by atoms with E-state index in [0.717, 1.165) is 11.1 Å². The molecule has 0 amide bonds. The maximum atomic E-state index is 12.2. The van der Waals surface area contributed by atoms with Crippen LogP contribution in [0.1, 0.15) is 32.6 Å². The number of rotatable bonds is 3. The number of benzene rings is 2. The summed E-state index contributed by atoms with van der Waals surface area (Å²) >= 11 is 0. The molecule has 0 radical (unpaired) electrons. The number of carbonyl (C=O) groups excluding carboxylic acids is 1. The number of hydrogen-bond acceptors (Lipinski definition) is 1. The summed E-state index contributed by atoms with van der Waals surface area (Å²) in [5, 5.41) is 0. The van der Waals surface area contributed by atoms with Crippen LogP contribution in [-0.4, -0.2) is 5.78 Å². The van der Waals surface area contributed by atoms with E-state index in [2.05, 4.69) is 26.0 Å². The molecular weight excluding hydrogens is 220 g/mol. The maximum absolute atomic E-state index is 12.2. The Morgan fingerprint density at radius 1 is 0.889 bits per heavy atom. The highest BCUT2D eigenvalue weighted by molar-refractivity contribution is 5.97. The molecule has 18 heavy (non-hydrogen) atoms. The van der Waals surface area contributed by atoms with Crippen LogP contribution < -0.4 is 0 Å². The molecular formula is C17H18O. The van der Waals surface area contributed by atoms with Gasteiger partial charge in [0.05, 0.1) is 0 Å². The van der Waals surface area contributed by atoms with Gasteiger partial charge in [-0.05, 0) is 37.5 Å². The summed E-state index contributed by atoms with van der Waals surface area (Å²) in [6.07, 6.45) is 0.488. The second-order valence-electron chi connectivity index (χ2n) is 4.84. The first-order valence-corrected chi connectivity index (χ1v) is 6.23. The molecule has 0 aliphatic heterocycles. The van der Waals surface area contributed by atoms with Gasteiger partial charge in [-0.15, -0.1) is 0 Å². The molecule has 0 heterocycles. The molecule has 92 valence electrons. The Labute approximate surface area is 108 Å². The molecule has 0 aliphatic carbocycles. The van der Waals surface area contributed by atoms with Crippen molar-refractivity contribution < 1.29 is 4.79 Å². The molecule has 0 bridgehead atoms. The normalized spacial score (nSPS) is 10.4. The van der Waals surface area contributed by atoms with Crippen LogP contribution in [0.4, 0.5) is 0 Å². The monoisotopic (exact) mass is 238 g/mol. The van der Waals surface area contributed by atoms with Crippen molar-refractivity contribution in [2.24, 2.45) is 0 Å². The van der Waals surface area contributed by atoms with Gasteiger partial charge >= 0.3 is 0 Å². The predicted octanol–water partition coefficient (Wildman–Crippen LogP) is 4.04. The molecule has 1 nitrogen and oxygen atoms in total. The zero-order valence-electron chi connectivity index (χ0n) is 11.2. The summed E-state index contributed by atoms with van der Waals surface area (Å²) in [6.45, 7) is 6.15. The van der Waals surface area contributed by atoms with Crippen LogP contribution in [0.15, 0.2) is 42.5 Å². The second-order valence-corrected chi connectivity index (χ2v) is 4.84. The first kappa shape index (κ1) is 12.6. The lowest BCUT2D eigenvalue weighted by Crippen LogP contribution is -2.06. The summed E-state index contributed by atoms with van der Waals surface area (Å²) in [4.78, 5) is 12.2. The minimum atomic E-state index is 0.187. The predicted molar refractivity (Wildman–Crippen MR) is 75.1 cm³/mol. The fourth-order valence-electron chi connectivity index (χ4n) is 2.13. The zero-order valence-corrected chi connectivity index (χ0v) is 11.2. The van der Waals surface area contributed by atoms with Crippen LogP contribution in [0.3, 0.4) is 0 Å². The van der Waals surface area contributed by atoms with Crippen molar-refractivity contribution in [1.29, 1.82) is 0 Å². The fourth-order valence-corrected chi connectivity index (χ4v) is 2.13. The van der Waals surface area contributed by atoms with Crippen molar-refractivity contribution >= 4 is 5.78 Å². The van der Waals surface area contributed by atoms with Gasteiger partial charge in [0.1, 0.15) is 0 Å². The average molecular weight is 238 g/mol. The van der Waals surface area contributed by atoms with Crippen LogP contribution in [0.25, 0.3) is 0 Å². The molecule has 0 N–H and O–H groups in total. The Balaban J connectivity index is 2.24. The van der Waals surface area contributed by atoms with Crippen molar-refractivity contribution in [2.45, 2.75) is 27.2 Å². The fraction of sp³-hybridized carbons (Fsp3) is 0.235. The highest BCUT2D eigenvalue weighted by Gasteiger charge is 2.10. The Morgan fingerprint density at radius 2 is 1.44 bits per heavy atom. The van der Waals surface area contributed by atoms with E-state index < -0.39 is 0 Å². The number of aryl methyl sites for hydroxylation is 3. The molecule has 0 fully saturated rings. The standard InChI is InChI=1S/C17H18O/c1-12-7-9-15(10-8-12)17(18)11-16-13(2)5-4-6-14(16)3/h4-10H,11H2,1-3H3. The van der Waals surface area contributed by atoms with Gasteiger partial charge in [0, 0.05) is 12.0 Å². The van der Waals surface area contributed by atoms with Gasteiger partial charge in [-0.1, -0.05) is 48.0 Å². The summed E-state index contributed by atoms with van der Waals surface area (Å²) < 4.78 is 0. The van der Waals surface area contributed by atoms with Gasteiger partial charge in [0.2, 0.25) is 0 Å². The Kier molecular flexibility index (Phi) is 3.61. The van der Waals surface area contributed by atoms with Gasteiger partial charge in [0.15, 0.2) is 5.78 Å². The largest absolute Gasteiger partial charge is 0.294 e. The average Bonchev–Trinajstić information content (AvgIpc) is 2.34. The summed E-state index contributed by atoms with van der Waals surface area (Å²) in [7, 11) is 0. The molecule has 0 saturated carbocycles. The summed E-state index contributed by atoms with van der Waals surface area (Å²) in [5.41, 5.74) is 5.51. The van der Waals surface area contributed by atoms with Gasteiger partial charge in [-0.2, -0.15) is 0 Å². The Bertz CT molecular complexity index is 544. The lowest BCUT2D eigenvalue weighted by Gasteiger charge is -2.09. The minimum Gasteiger partial charge on any atom is -0.294 e.